The van der Waals surface area contributed by atoms with Gasteiger partial charge in [-0.1, -0.05) is 19.3 Å². The highest BCUT2D eigenvalue weighted by Gasteiger charge is 2.32. The number of aliphatic hydroxyl groups is 1. The zero-order valence-electron chi connectivity index (χ0n) is 11.6. The zero-order valence-corrected chi connectivity index (χ0v) is 14.0. The molecule has 1 aromatic heterocycles. The standard InChI is InChI=1S/C13H21NO3S3/c1-18-13(7-3-2-4-8-13)10-14-20(16,17)12-6-5-11(9-15)19-12/h5-6,14-15H,2-4,7-10H2,1H3. The van der Waals surface area contributed by atoms with E-state index in [2.05, 4.69) is 11.0 Å². The van der Waals surface area contributed by atoms with E-state index < -0.39 is 10.0 Å². The van der Waals surface area contributed by atoms with Crippen molar-refractivity contribution in [2.75, 3.05) is 12.8 Å². The molecular formula is C13H21NO3S3. The number of thiophene rings is 1. The summed E-state index contributed by atoms with van der Waals surface area (Å²) in [6.07, 6.45) is 7.81. The first-order valence-corrected chi connectivity index (χ1v) is 10.3. The van der Waals surface area contributed by atoms with Crippen LogP contribution in [-0.4, -0.2) is 31.1 Å². The van der Waals surface area contributed by atoms with E-state index in [1.165, 1.54) is 19.3 Å². The lowest BCUT2D eigenvalue weighted by Crippen LogP contribution is -2.41. The SMILES string of the molecule is CSC1(CNS(=O)(=O)c2ccc(CO)s2)CCCCC1. The summed E-state index contributed by atoms with van der Waals surface area (Å²) in [5, 5.41) is 9.02. The largest absolute Gasteiger partial charge is 0.391 e. The van der Waals surface area contributed by atoms with Crippen LogP contribution in [0.2, 0.25) is 0 Å². The number of thioether (sulfide) groups is 1. The minimum absolute atomic E-state index is 0.0440. The first-order valence-electron chi connectivity index (χ1n) is 6.76. The average Bonchev–Trinajstić information content (AvgIpc) is 2.96. The Kier molecular flexibility index (Phi) is 5.53. The van der Waals surface area contributed by atoms with Crippen LogP contribution in [-0.2, 0) is 16.6 Å². The van der Waals surface area contributed by atoms with Crippen LogP contribution in [0.1, 0.15) is 37.0 Å². The minimum atomic E-state index is -3.45. The highest BCUT2D eigenvalue weighted by Crippen LogP contribution is 2.38. The molecule has 0 spiro atoms. The Labute approximate surface area is 129 Å². The number of rotatable bonds is 6. The van der Waals surface area contributed by atoms with Crippen molar-refractivity contribution in [2.45, 2.75) is 47.7 Å². The fraction of sp³-hybridized carbons (Fsp3) is 0.692. The lowest BCUT2D eigenvalue weighted by atomic mass is 9.88. The quantitative estimate of drug-likeness (QED) is 0.838. The molecule has 1 aliphatic rings. The van der Waals surface area contributed by atoms with Gasteiger partial charge in [0.2, 0.25) is 10.0 Å². The maximum absolute atomic E-state index is 12.3. The Morgan fingerprint density at radius 1 is 1.35 bits per heavy atom. The van der Waals surface area contributed by atoms with Gasteiger partial charge in [0.05, 0.1) is 6.61 Å². The van der Waals surface area contributed by atoms with Crippen molar-refractivity contribution < 1.29 is 13.5 Å². The highest BCUT2D eigenvalue weighted by atomic mass is 32.2. The minimum Gasteiger partial charge on any atom is -0.391 e. The van der Waals surface area contributed by atoms with E-state index in [1.807, 2.05) is 0 Å². The Bertz CT molecular complexity index is 533. The predicted octanol–water partition coefficient (Wildman–Crippen LogP) is 2.58. The van der Waals surface area contributed by atoms with Gasteiger partial charge < -0.3 is 5.11 Å². The van der Waals surface area contributed by atoms with Gasteiger partial charge in [-0.25, -0.2) is 13.1 Å². The van der Waals surface area contributed by atoms with E-state index in [0.717, 1.165) is 24.2 Å². The number of hydrogen-bond acceptors (Lipinski definition) is 5. The summed E-state index contributed by atoms with van der Waals surface area (Å²) >= 11 is 2.90. The molecule has 1 aliphatic carbocycles. The molecule has 1 saturated carbocycles. The number of hydrogen-bond donors (Lipinski definition) is 2. The fourth-order valence-electron chi connectivity index (χ4n) is 2.53. The van der Waals surface area contributed by atoms with Crippen LogP contribution >= 0.6 is 23.1 Å². The predicted molar refractivity (Wildman–Crippen MR) is 84.8 cm³/mol. The average molecular weight is 336 g/mol. The molecule has 0 saturated heterocycles. The molecule has 0 amide bonds. The Balaban J connectivity index is 2.04. The number of aliphatic hydroxyl groups excluding tert-OH is 1. The zero-order chi connectivity index (χ0) is 14.6. The summed E-state index contributed by atoms with van der Waals surface area (Å²) in [7, 11) is -3.45. The first kappa shape index (κ1) is 16.3. The molecule has 0 atom stereocenters. The van der Waals surface area contributed by atoms with E-state index in [1.54, 1.807) is 23.9 Å². The second-order valence-electron chi connectivity index (χ2n) is 5.15. The Hall–Kier alpha value is -0.0800. The van der Waals surface area contributed by atoms with E-state index in [0.29, 0.717) is 11.4 Å². The van der Waals surface area contributed by atoms with Crippen molar-refractivity contribution in [3.63, 3.8) is 0 Å². The van der Waals surface area contributed by atoms with E-state index in [9.17, 15) is 8.42 Å². The van der Waals surface area contributed by atoms with Crippen LogP contribution in [0.25, 0.3) is 0 Å². The van der Waals surface area contributed by atoms with Crippen molar-refractivity contribution in [3.8, 4) is 0 Å². The fourth-order valence-corrected chi connectivity index (χ4v) is 5.93. The van der Waals surface area contributed by atoms with Crippen LogP contribution in [0.4, 0.5) is 0 Å². The molecule has 1 fully saturated rings. The van der Waals surface area contributed by atoms with E-state index in [4.69, 9.17) is 5.11 Å². The molecule has 0 unspecified atom stereocenters. The lowest BCUT2D eigenvalue weighted by molar-refractivity contribution is 0.285. The van der Waals surface area contributed by atoms with Gasteiger partial charge in [-0.05, 0) is 31.2 Å². The van der Waals surface area contributed by atoms with Crippen molar-refractivity contribution >= 4 is 33.1 Å². The van der Waals surface area contributed by atoms with Gasteiger partial charge in [0.1, 0.15) is 4.21 Å². The van der Waals surface area contributed by atoms with Crippen molar-refractivity contribution in [3.05, 3.63) is 17.0 Å². The normalized spacial score (nSPS) is 19.1. The van der Waals surface area contributed by atoms with E-state index in [-0.39, 0.29) is 15.6 Å². The maximum atomic E-state index is 12.3. The first-order chi connectivity index (χ1) is 9.51. The molecule has 0 aliphatic heterocycles. The van der Waals surface area contributed by atoms with Crippen LogP contribution < -0.4 is 4.72 Å². The summed E-state index contributed by atoms with van der Waals surface area (Å²) in [5.74, 6) is 0. The van der Waals surface area contributed by atoms with Gasteiger partial charge in [0.25, 0.3) is 0 Å². The third-order valence-electron chi connectivity index (χ3n) is 3.84. The third kappa shape index (κ3) is 3.76. The summed E-state index contributed by atoms with van der Waals surface area (Å²) in [4.78, 5) is 0.669. The maximum Gasteiger partial charge on any atom is 0.250 e. The number of sulfonamides is 1. The third-order valence-corrected chi connectivity index (χ3v) is 8.22. The van der Waals surface area contributed by atoms with Crippen molar-refractivity contribution in [2.24, 2.45) is 0 Å². The molecular weight excluding hydrogens is 314 g/mol. The Morgan fingerprint density at radius 3 is 2.60 bits per heavy atom. The van der Waals surface area contributed by atoms with Gasteiger partial charge in [0.15, 0.2) is 0 Å². The molecule has 20 heavy (non-hydrogen) atoms. The highest BCUT2D eigenvalue weighted by molar-refractivity contribution is 8.00. The molecule has 114 valence electrons. The smallest absolute Gasteiger partial charge is 0.250 e. The molecule has 4 nitrogen and oxygen atoms in total. The van der Waals surface area contributed by atoms with Crippen LogP contribution in [0.3, 0.4) is 0 Å². The van der Waals surface area contributed by atoms with Gasteiger partial charge >= 0.3 is 0 Å². The van der Waals surface area contributed by atoms with Gasteiger partial charge in [0, 0.05) is 16.2 Å². The van der Waals surface area contributed by atoms with Gasteiger partial charge in [-0.2, -0.15) is 11.8 Å². The Morgan fingerprint density at radius 2 is 2.05 bits per heavy atom. The lowest BCUT2D eigenvalue weighted by Gasteiger charge is -2.35. The number of nitrogens with one attached hydrogen (secondary N) is 1. The second kappa shape index (κ2) is 6.79. The van der Waals surface area contributed by atoms with Crippen molar-refractivity contribution in [1.82, 2.24) is 4.72 Å². The van der Waals surface area contributed by atoms with E-state index >= 15 is 0 Å². The molecule has 0 radical (unpaired) electrons. The molecule has 2 rings (SSSR count). The summed E-state index contributed by atoms with van der Waals surface area (Å²) in [6, 6.07) is 3.22. The van der Waals surface area contributed by atoms with Crippen LogP contribution in [0, 0.1) is 0 Å². The molecule has 7 heteroatoms. The van der Waals surface area contributed by atoms with Crippen molar-refractivity contribution in [1.29, 1.82) is 0 Å². The van der Waals surface area contributed by atoms with Crippen LogP contribution in [0.5, 0.6) is 0 Å². The molecule has 1 heterocycles. The molecule has 0 aromatic carbocycles. The summed E-state index contributed by atoms with van der Waals surface area (Å²) in [6.45, 7) is 0.373. The molecule has 0 bridgehead atoms. The van der Waals surface area contributed by atoms with Crippen LogP contribution in [0.15, 0.2) is 16.3 Å². The second-order valence-corrected chi connectivity index (χ2v) is 9.59. The van der Waals surface area contributed by atoms with Gasteiger partial charge in [-0.3, -0.25) is 0 Å². The van der Waals surface area contributed by atoms with Gasteiger partial charge in [-0.15, -0.1) is 11.3 Å². The monoisotopic (exact) mass is 335 g/mol. The summed E-state index contributed by atoms with van der Waals surface area (Å²) in [5.41, 5.74) is 0. The summed E-state index contributed by atoms with van der Waals surface area (Å²) < 4.78 is 27.6. The topological polar surface area (TPSA) is 66.4 Å². The molecule has 1 aromatic rings. The molecule has 2 N–H and O–H groups in total.